The number of fused-ring (bicyclic) bond motifs is 9. The number of aryl methyl sites for hydroxylation is 1. The summed E-state index contributed by atoms with van der Waals surface area (Å²) in [6.07, 6.45) is 0. The highest BCUT2D eigenvalue weighted by molar-refractivity contribution is 7.27. The van der Waals surface area contributed by atoms with E-state index in [1.54, 1.807) is 0 Å². The average Bonchev–Trinajstić information content (AvgIpc) is 1.76. The highest BCUT2D eigenvalue weighted by Gasteiger charge is 2.54. The van der Waals surface area contributed by atoms with Gasteiger partial charge in [0.05, 0.1) is 33.6 Å². The van der Waals surface area contributed by atoms with E-state index in [9.17, 15) is 0 Å². The second-order valence-electron chi connectivity index (χ2n) is 27.6. The van der Waals surface area contributed by atoms with Crippen molar-refractivity contribution in [3.05, 3.63) is 224 Å². The normalized spacial score (nSPS) is 17.7. The molecule has 6 nitrogen and oxygen atoms in total. The molecule has 0 N–H and O–H groups in total. The standard InChI is InChI=1S/C30H27BO2S.C25H25BO2S.C24H23BO2S/c1-29(2)30(3,4)33-31(32-29)23-16-14-20(15-17-23)22-18-25(21-10-6-5-7-11-21)28-26(19-22)24-12-8-9-13-27(24)34-28;1-16-7-6-8-22-23(16)20-15-18(11-14-21(20)29-22)17-9-12-19(13-10-17)26-27-24(2,3)25(4,5)28-26;1-23(2)24(3,4)27-25(26-23)18-12-9-16(10-13-18)17-11-14-22-20(15-17)19-7-5-6-8-21(19)28-22/h5-19H,1-4H3;6-15H,1-5H3;5-15H,1-4H3. The molecule has 3 aromatic heterocycles. The van der Waals surface area contributed by atoms with E-state index in [0.29, 0.717) is 0 Å². The Labute approximate surface area is 548 Å². The van der Waals surface area contributed by atoms with Gasteiger partial charge in [-0.3, -0.25) is 0 Å². The Morgan fingerprint density at radius 3 is 1.10 bits per heavy atom. The van der Waals surface area contributed by atoms with Crippen LogP contribution in [-0.2, 0) is 27.9 Å². The lowest BCUT2D eigenvalue weighted by atomic mass is 9.78. The molecule has 16 rings (SSSR count). The Hall–Kier alpha value is -7.19. The van der Waals surface area contributed by atoms with E-state index < -0.39 is 0 Å². The van der Waals surface area contributed by atoms with Crippen LogP contribution in [0, 0.1) is 6.92 Å². The van der Waals surface area contributed by atoms with Gasteiger partial charge in [-0.05, 0) is 206 Å². The van der Waals surface area contributed by atoms with Gasteiger partial charge in [0.2, 0.25) is 0 Å². The SMILES string of the molecule is CC1(C)OB(c2ccc(-c3cc(-c4ccccc4)c4sc5ccccc5c4c3)cc2)OC1(C)C.CC1(C)OB(c2ccc(-c3ccc4sc5ccccc5c4c3)cc2)OC1(C)C.Cc1cccc2sc3ccc(-c4ccc(B5OC(C)(C)C(C)(C)O5)cc4)cc3c12. The van der Waals surface area contributed by atoms with Crippen molar-refractivity contribution in [2.75, 3.05) is 0 Å². The molecule has 0 saturated carbocycles. The summed E-state index contributed by atoms with van der Waals surface area (Å²) in [5, 5.41) is 8.01. The van der Waals surface area contributed by atoms with Gasteiger partial charge in [-0.1, -0.05) is 164 Å². The summed E-state index contributed by atoms with van der Waals surface area (Å²) in [5.41, 5.74) is 12.4. The molecule has 91 heavy (non-hydrogen) atoms. The maximum atomic E-state index is 6.25. The molecule has 13 aromatic rings. The van der Waals surface area contributed by atoms with Crippen LogP contribution in [0.1, 0.15) is 88.6 Å². The number of rotatable bonds is 7. The molecular formula is C79H75B3O6S3. The molecule has 0 radical (unpaired) electrons. The average molecular weight is 1250 g/mol. The third-order valence-corrected chi connectivity index (χ3v) is 23.5. The Morgan fingerprint density at radius 1 is 0.264 bits per heavy atom. The maximum absolute atomic E-state index is 6.25. The predicted molar refractivity (Wildman–Crippen MR) is 392 cm³/mol. The number of hydrogen-bond acceptors (Lipinski definition) is 9. The zero-order valence-electron chi connectivity index (χ0n) is 54.2. The lowest BCUT2D eigenvalue weighted by Gasteiger charge is -2.32. The molecule has 0 atom stereocenters. The minimum Gasteiger partial charge on any atom is -0.399 e. The van der Waals surface area contributed by atoms with Crippen molar-refractivity contribution in [2.45, 2.75) is 124 Å². The zero-order valence-corrected chi connectivity index (χ0v) is 56.6. The van der Waals surface area contributed by atoms with Gasteiger partial charge in [0.25, 0.3) is 0 Å². The van der Waals surface area contributed by atoms with Crippen LogP contribution in [0.4, 0.5) is 0 Å². The molecular weight excluding hydrogens is 1170 g/mol. The predicted octanol–water partition coefficient (Wildman–Crippen LogP) is 20.0. The van der Waals surface area contributed by atoms with Gasteiger partial charge in [-0.25, -0.2) is 0 Å². The smallest absolute Gasteiger partial charge is 0.399 e. The molecule has 454 valence electrons. The fourth-order valence-corrected chi connectivity index (χ4v) is 15.8. The van der Waals surface area contributed by atoms with Crippen molar-refractivity contribution in [3.8, 4) is 44.5 Å². The summed E-state index contributed by atoms with van der Waals surface area (Å²) < 4.78 is 45.2. The fraction of sp³-hybridized carbons (Fsp3) is 0.241. The first-order valence-electron chi connectivity index (χ1n) is 31.6. The van der Waals surface area contributed by atoms with E-state index >= 15 is 0 Å². The number of thiophene rings is 3. The molecule has 10 aromatic carbocycles. The monoisotopic (exact) mass is 1250 g/mol. The molecule has 6 heterocycles. The number of hydrogen-bond donors (Lipinski definition) is 0. The second-order valence-corrected chi connectivity index (χ2v) is 30.8. The first kappa shape index (κ1) is 61.3. The molecule has 3 saturated heterocycles. The zero-order chi connectivity index (χ0) is 63.4. The Morgan fingerprint density at radius 2 is 0.615 bits per heavy atom. The van der Waals surface area contributed by atoms with Crippen LogP contribution in [0.15, 0.2) is 218 Å². The molecule has 0 aliphatic carbocycles. The van der Waals surface area contributed by atoms with Gasteiger partial charge in [-0.2, -0.15) is 0 Å². The highest BCUT2D eigenvalue weighted by Crippen LogP contribution is 2.45. The van der Waals surface area contributed by atoms with Gasteiger partial charge in [0.1, 0.15) is 0 Å². The lowest BCUT2D eigenvalue weighted by molar-refractivity contribution is 0.00578. The van der Waals surface area contributed by atoms with Gasteiger partial charge < -0.3 is 27.9 Å². The third kappa shape index (κ3) is 11.4. The second kappa shape index (κ2) is 23.1. The molecule has 0 spiro atoms. The lowest BCUT2D eigenvalue weighted by Crippen LogP contribution is -2.41. The summed E-state index contributed by atoms with van der Waals surface area (Å²) in [7, 11) is -0.982. The molecule has 12 heteroatoms. The molecule has 0 unspecified atom stereocenters. The maximum Gasteiger partial charge on any atom is 0.494 e. The first-order chi connectivity index (χ1) is 43.4. The van der Waals surface area contributed by atoms with E-state index in [0.717, 1.165) is 16.4 Å². The van der Waals surface area contributed by atoms with E-state index in [1.165, 1.54) is 111 Å². The minimum atomic E-state index is -0.345. The summed E-state index contributed by atoms with van der Waals surface area (Å²) in [4.78, 5) is 0. The molecule has 3 fully saturated rings. The fourth-order valence-electron chi connectivity index (χ4n) is 12.4. The van der Waals surface area contributed by atoms with Gasteiger partial charge in [-0.15, -0.1) is 34.0 Å². The van der Waals surface area contributed by atoms with Crippen molar-refractivity contribution in [1.29, 1.82) is 0 Å². The van der Waals surface area contributed by atoms with Crippen LogP contribution in [0.5, 0.6) is 0 Å². The summed E-state index contributed by atoms with van der Waals surface area (Å²) >= 11 is 5.59. The van der Waals surface area contributed by atoms with Crippen LogP contribution in [0.3, 0.4) is 0 Å². The molecule has 0 amide bonds. The van der Waals surface area contributed by atoms with Crippen LogP contribution in [-0.4, -0.2) is 55.0 Å². The third-order valence-electron chi connectivity index (χ3n) is 20.0. The summed E-state index contributed by atoms with van der Waals surface area (Å²) in [6.45, 7) is 27.2. The van der Waals surface area contributed by atoms with Crippen molar-refractivity contribution < 1.29 is 27.9 Å². The summed E-state index contributed by atoms with van der Waals surface area (Å²) in [6, 6.07) is 78.6. The van der Waals surface area contributed by atoms with E-state index in [2.05, 4.69) is 308 Å². The van der Waals surface area contributed by atoms with Crippen molar-refractivity contribution in [2.24, 2.45) is 0 Å². The van der Waals surface area contributed by atoms with Crippen LogP contribution in [0.2, 0.25) is 0 Å². The van der Waals surface area contributed by atoms with Crippen LogP contribution >= 0.6 is 34.0 Å². The number of benzene rings is 10. The molecule has 3 aliphatic rings. The Balaban J connectivity index is 0.000000120. The van der Waals surface area contributed by atoms with Crippen molar-refractivity contribution in [3.63, 3.8) is 0 Å². The van der Waals surface area contributed by atoms with Crippen molar-refractivity contribution >= 4 is 132 Å². The van der Waals surface area contributed by atoms with Crippen molar-refractivity contribution in [1.82, 2.24) is 0 Å². The molecule has 3 aliphatic heterocycles. The van der Waals surface area contributed by atoms with Crippen LogP contribution < -0.4 is 16.4 Å². The topological polar surface area (TPSA) is 55.4 Å². The largest absolute Gasteiger partial charge is 0.494 e. The first-order valence-corrected chi connectivity index (χ1v) is 34.1. The van der Waals surface area contributed by atoms with Gasteiger partial charge in [0.15, 0.2) is 0 Å². The molecule has 0 bridgehead atoms. The van der Waals surface area contributed by atoms with Gasteiger partial charge in [0, 0.05) is 66.1 Å². The highest BCUT2D eigenvalue weighted by atomic mass is 32.1. The van der Waals surface area contributed by atoms with E-state index in [-0.39, 0.29) is 55.0 Å². The minimum absolute atomic E-state index is 0.317. The van der Waals surface area contributed by atoms with Crippen LogP contribution in [0.25, 0.3) is 105 Å². The van der Waals surface area contributed by atoms with E-state index in [4.69, 9.17) is 27.9 Å². The summed E-state index contributed by atoms with van der Waals surface area (Å²) in [5.74, 6) is 0. The Bertz CT molecular complexity index is 4820. The quantitative estimate of drug-likeness (QED) is 0.148. The van der Waals surface area contributed by atoms with E-state index in [1.807, 2.05) is 34.0 Å². The van der Waals surface area contributed by atoms with Gasteiger partial charge >= 0.3 is 21.4 Å². The Kier molecular flexibility index (Phi) is 15.6.